The first-order valence-electron chi connectivity index (χ1n) is 11.8. The Morgan fingerprint density at radius 2 is 1.05 bits per heavy atom. The van der Waals surface area contributed by atoms with E-state index in [1.54, 1.807) is 24.8 Å². The summed E-state index contributed by atoms with van der Waals surface area (Å²) in [6, 6.07) is 15.6. The normalized spacial score (nSPS) is 9.07. The summed E-state index contributed by atoms with van der Waals surface area (Å²) in [7, 11) is 0. The van der Waals surface area contributed by atoms with E-state index >= 15 is 0 Å². The summed E-state index contributed by atoms with van der Waals surface area (Å²) in [6.07, 6.45) is 8.41. The summed E-state index contributed by atoms with van der Waals surface area (Å²) in [6.45, 7) is 7.58. The molecule has 0 amide bonds. The first-order valence-corrected chi connectivity index (χ1v) is 11.8. The van der Waals surface area contributed by atoms with Crippen molar-refractivity contribution < 1.29 is 49.0 Å². The molecular weight excluding hydrogens is 660 g/mol. The van der Waals surface area contributed by atoms with Crippen molar-refractivity contribution in [2.24, 2.45) is 9.98 Å². The number of hydrogen-bond acceptors (Lipinski definition) is 5. The first kappa shape index (κ1) is 49.2. The van der Waals surface area contributed by atoms with E-state index in [-0.39, 0.29) is 55.1 Å². The molecule has 0 aliphatic carbocycles. The predicted octanol–water partition coefficient (Wildman–Crippen LogP) is 4.92. The Hall–Kier alpha value is -4.50. The quantitative estimate of drug-likeness (QED) is 0.0791. The minimum atomic E-state index is -0.0825. The zero-order valence-corrected chi connectivity index (χ0v) is 26.2. The second kappa shape index (κ2) is 30.0. The molecule has 3 rings (SSSR count). The summed E-state index contributed by atoms with van der Waals surface area (Å²) < 4.78 is 0. The van der Waals surface area contributed by atoms with Crippen LogP contribution in [0.25, 0.3) is 47.9 Å². The van der Waals surface area contributed by atoms with Gasteiger partial charge in [-0.2, -0.15) is 0 Å². The van der Waals surface area contributed by atoms with E-state index in [4.69, 9.17) is 33.2 Å². The second-order valence-corrected chi connectivity index (χ2v) is 8.71. The molecule has 2 aromatic heterocycles. The van der Waals surface area contributed by atoms with Gasteiger partial charge in [-0.25, -0.2) is 0 Å². The fourth-order valence-electron chi connectivity index (χ4n) is 3.08. The van der Waals surface area contributed by atoms with Crippen molar-refractivity contribution in [3.05, 3.63) is 137 Å². The molecule has 0 unspecified atom stereocenters. The van der Waals surface area contributed by atoms with Crippen LogP contribution < -0.4 is 5.11 Å². The van der Waals surface area contributed by atoms with Crippen molar-refractivity contribution in [2.75, 3.05) is 13.1 Å². The number of aliphatic imine (C=N–C) groups is 2. The molecule has 0 atom stereocenters. The molecule has 240 valence electrons. The van der Waals surface area contributed by atoms with Gasteiger partial charge in [-0.05, 0) is 46.4 Å². The molecule has 2 heterocycles. The second-order valence-electron chi connectivity index (χ2n) is 8.71. The van der Waals surface area contributed by atoms with Gasteiger partial charge in [0, 0.05) is 62.1 Å². The van der Waals surface area contributed by atoms with Crippen LogP contribution in [0.3, 0.4) is 0 Å². The van der Waals surface area contributed by atoms with E-state index in [1.165, 1.54) is 14.7 Å². The third-order valence-corrected chi connectivity index (χ3v) is 4.92. The zero-order valence-electron chi connectivity index (χ0n) is 24.3. The molecule has 6 N–H and O–H groups in total. The fourth-order valence-corrected chi connectivity index (χ4v) is 3.08. The van der Waals surface area contributed by atoms with Crippen molar-refractivity contribution in [3.8, 4) is 5.75 Å². The van der Waals surface area contributed by atoms with E-state index < -0.39 is 0 Å². The van der Waals surface area contributed by atoms with E-state index in [2.05, 4.69) is 40.7 Å². The number of hydrogen-bond donors (Lipinski definition) is 0. The van der Waals surface area contributed by atoms with Gasteiger partial charge in [0.15, 0.2) is 0 Å². The number of rotatable bonds is 8. The Morgan fingerprint density at radius 1 is 0.705 bits per heavy atom. The SMILES string of the molecule is CC(C)(C)c1cc(C=NCCc2ccccn2)c([O-])c(C=NCCc2ccccn2)c1.[N-]=[N+]=[N-].[N-]=[N+]=[N-].[N-]=[N+]=[N-].[Ni+2].[Ni+2].[OH3+].[OH3+]. The van der Waals surface area contributed by atoms with Crippen LogP contribution >= 0.6 is 0 Å². The summed E-state index contributed by atoms with van der Waals surface area (Å²) >= 11 is 0. The molecule has 1 aromatic carbocycles. The molecule has 16 nitrogen and oxygen atoms in total. The maximum Gasteiger partial charge on any atom is 2.00 e. The van der Waals surface area contributed by atoms with Crippen LogP contribution in [0.5, 0.6) is 5.75 Å². The third kappa shape index (κ3) is 22.1. The van der Waals surface area contributed by atoms with Crippen molar-refractivity contribution >= 4 is 12.4 Å². The van der Waals surface area contributed by atoms with Gasteiger partial charge < -0.3 is 49.2 Å². The molecule has 3 aromatic rings. The maximum absolute atomic E-state index is 13.0. The zero-order chi connectivity index (χ0) is 30.2. The standard InChI is InChI=1S/C26H30N4O.3N3.2Ni.2H2O/c1-26(2,3)22-16-20(18-27-14-10-23-8-4-6-12-29-23)25(31)21(17-22)19-28-15-11-24-9-5-7-13-30-24;3*1-3-2;;;;/h4-9,12-13,16-19,31H,10-11,14-15H2,1-3H3;;;;;;2*1H2/q;3*-1;2*+2;;/p+1. The smallest absolute Gasteiger partial charge is 0.872 e. The molecule has 0 aliphatic heterocycles. The largest absolute Gasteiger partial charge is 2.00 e. The Labute approximate surface area is 275 Å². The monoisotopic (exact) mass is 693 g/mol. The third-order valence-electron chi connectivity index (χ3n) is 4.92. The summed E-state index contributed by atoms with van der Waals surface area (Å²) in [4.78, 5) is 22.1. The van der Waals surface area contributed by atoms with Crippen molar-refractivity contribution in [2.45, 2.75) is 39.0 Å². The number of benzene rings is 1. The van der Waals surface area contributed by atoms with Gasteiger partial charge >= 0.3 is 33.0 Å². The number of aromatic nitrogens is 2. The topological polar surface area (TPSA) is 316 Å². The number of pyridine rings is 2. The molecule has 0 fully saturated rings. The summed E-state index contributed by atoms with van der Waals surface area (Å²) in [5, 5.41) is 13.0. The van der Waals surface area contributed by atoms with Gasteiger partial charge in [0.25, 0.3) is 0 Å². The minimum Gasteiger partial charge on any atom is -0.872 e. The van der Waals surface area contributed by atoms with Crippen LogP contribution in [0.15, 0.2) is 70.9 Å². The molecule has 0 bridgehead atoms. The van der Waals surface area contributed by atoms with Gasteiger partial charge in [-0.1, -0.05) is 50.8 Å². The van der Waals surface area contributed by atoms with Crippen LogP contribution in [0.1, 0.15) is 48.8 Å². The average molecular weight is 695 g/mol. The maximum atomic E-state index is 13.0. The first-order chi connectivity index (χ1) is 19.2. The Balaban J connectivity index is -0.000000349. The fraction of sp³-hybridized carbons (Fsp3) is 0.308. The van der Waals surface area contributed by atoms with Crippen LogP contribution in [0.2, 0.25) is 0 Å². The minimum absolute atomic E-state index is 0. The van der Waals surface area contributed by atoms with Crippen molar-refractivity contribution in [1.82, 2.24) is 9.97 Å². The molecule has 0 saturated carbocycles. The van der Waals surface area contributed by atoms with Crippen LogP contribution in [-0.2, 0) is 62.2 Å². The molecular formula is C26H35N13Ni2O3+2. The Bertz CT molecular complexity index is 1220. The van der Waals surface area contributed by atoms with Crippen molar-refractivity contribution in [1.29, 1.82) is 0 Å². The molecule has 0 radical (unpaired) electrons. The van der Waals surface area contributed by atoms with Gasteiger partial charge in [-0.15, -0.1) is 0 Å². The predicted molar refractivity (Wildman–Crippen MR) is 165 cm³/mol. The molecule has 0 aliphatic rings. The van der Waals surface area contributed by atoms with Crippen LogP contribution in [0.4, 0.5) is 0 Å². The average Bonchev–Trinajstić information content (AvgIpc) is 2.92. The van der Waals surface area contributed by atoms with Gasteiger partial charge in [0.1, 0.15) is 0 Å². The Kier molecular flexibility index (Phi) is 33.5. The molecule has 0 saturated heterocycles. The van der Waals surface area contributed by atoms with E-state index in [1.807, 2.05) is 48.5 Å². The van der Waals surface area contributed by atoms with Crippen LogP contribution in [-0.4, -0.2) is 35.5 Å². The Morgan fingerprint density at radius 3 is 1.32 bits per heavy atom. The van der Waals surface area contributed by atoms with E-state index in [0.717, 1.165) is 29.8 Å². The molecule has 0 spiro atoms. The molecule has 18 heteroatoms. The van der Waals surface area contributed by atoms with Crippen molar-refractivity contribution in [3.63, 3.8) is 0 Å². The summed E-state index contributed by atoms with van der Waals surface area (Å²) in [5.74, 6) is -0.0452. The van der Waals surface area contributed by atoms with E-state index in [9.17, 15) is 5.11 Å². The van der Waals surface area contributed by atoms with Gasteiger partial charge in [-0.3, -0.25) is 34.7 Å². The molecule has 44 heavy (non-hydrogen) atoms. The van der Waals surface area contributed by atoms with Gasteiger partial charge in [0.2, 0.25) is 0 Å². The van der Waals surface area contributed by atoms with Crippen LogP contribution in [0, 0.1) is 0 Å². The summed E-state index contributed by atoms with van der Waals surface area (Å²) in [5.41, 5.74) is 44.7. The number of nitrogens with zero attached hydrogens (tertiary/aromatic N) is 13. The van der Waals surface area contributed by atoms with Gasteiger partial charge in [0.05, 0.1) is 0 Å². The van der Waals surface area contributed by atoms with E-state index in [0.29, 0.717) is 24.2 Å².